The highest BCUT2D eigenvalue weighted by Crippen LogP contribution is 2.30. The molecule has 0 aliphatic carbocycles. The third kappa shape index (κ3) is 4.25. The van der Waals surface area contributed by atoms with Crippen LogP contribution in [0.2, 0.25) is 5.02 Å². The number of esters is 1. The van der Waals surface area contributed by atoms with Crippen molar-refractivity contribution in [1.82, 2.24) is 0 Å². The van der Waals surface area contributed by atoms with Gasteiger partial charge in [0.1, 0.15) is 6.04 Å². The van der Waals surface area contributed by atoms with Gasteiger partial charge < -0.3 is 10.5 Å². The van der Waals surface area contributed by atoms with Crippen LogP contribution in [-0.2, 0) is 19.1 Å². The van der Waals surface area contributed by atoms with Gasteiger partial charge in [-0.2, -0.15) is 0 Å². The summed E-state index contributed by atoms with van der Waals surface area (Å²) < 4.78 is 4.82. The van der Waals surface area contributed by atoms with Gasteiger partial charge in [-0.3, -0.25) is 14.4 Å². The molecule has 2 N–H and O–H groups in total. The van der Waals surface area contributed by atoms with Crippen molar-refractivity contribution in [2.45, 2.75) is 24.6 Å². The molecule has 0 bridgehead atoms. The molecule has 8 heteroatoms. The molecule has 1 unspecified atom stereocenters. The van der Waals surface area contributed by atoms with Crippen molar-refractivity contribution in [1.29, 1.82) is 0 Å². The van der Waals surface area contributed by atoms with Gasteiger partial charge in [-0.25, -0.2) is 4.90 Å². The number of imide groups is 1. The van der Waals surface area contributed by atoms with Gasteiger partial charge in [0, 0.05) is 17.2 Å². The average molecular weight is 357 g/mol. The summed E-state index contributed by atoms with van der Waals surface area (Å²) in [6.07, 6.45) is 0.0850. The Morgan fingerprint density at radius 2 is 2.09 bits per heavy atom. The van der Waals surface area contributed by atoms with Crippen molar-refractivity contribution in [3.05, 3.63) is 29.3 Å². The van der Waals surface area contributed by atoms with E-state index in [1.165, 1.54) is 11.8 Å². The summed E-state index contributed by atoms with van der Waals surface area (Å²) in [6, 6.07) is 5.67. The van der Waals surface area contributed by atoms with Crippen LogP contribution in [0.1, 0.15) is 13.3 Å². The van der Waals surface area contributed by atoms with Crippen LogP contribution in [0.15, 0.2) is 24.3 Å². The number of nitrogens with zero attached hydrogens (tertiary/aromatic N) is 1. The van der Waals surface area contributed by atoms with Crippen LogP contribution >= 0.6 is 23.4 Å². The summed E-state index contributed by atoms with van der Waals surface area (Å²) >= 11 is 7.01. The molecule has 1 fully saturated rings. The summed E-state index contributed by atoms with van der Waals surface area (Å²) in [5, 5.41) is -0.0159. The number of hydrogen-bond acceptors (Lipinski definition) is 6. The van der Waals surface area contributed by atoms with Crippen molar-refractivity contribution >= 4 is 46.8 Å². The molecule has 124 valence electrons. The van der Waals surface area contributed by atoms with Gasteiger partial charge in [0.2, 0.25) is 11.8 Å². The van der Waals surface area contributed by atoms with Gasteiger partial charge in [-0.1, -0.05) is 11.6 Å². The fourth-order valence-electron chi connectivity index (χ4n) is 2.13. The van der Waals surface area contributed by atoms with E-state index in [0.29, 0.717) is 10.7 Å². The average Bonchev–Trinajstić information content (AvgIpc) is 2.80. The van der Waals surface area contributed by atoms with Crippen LogP contribution in [-0.4, -0.2) is 41.4 Å². The van der Waals surface area contributed by atoms with Gasteiger partial charge in [0.15, 0.2) is 0 Å². The lowest BCUT2D eigenvalue weighted by Crippen LogP contribution is -2.36. The Morgan fingerprint density at radius 1 is 1.43 bits per heavy atom. The summed E-state index contributed by atoms with van der Waals surface area (Å²) in [4.78, 5) is 37.1. The number of halogens is 1. The normalized spacial score (nSPS) is 19.1. The summed E-state index contributed by atoms with van der Waals surface area (Å²) in [6.45, 7) is 1.95. The van der Waals surface area contributed by atoms with E-state index in [1.807, 2.05) is 0 Å². The predicted molar refractivity (Wildman–Crippen MR) is 89.4 cm³/mol. The molecular formula is C15H17ClN2O4S. The quantitative estimate of drug-likeness (QED) is 0.615. The maximum Gasteiger partial charge on any atom is 0.323 e. The molecule has 2 atom stereocenters. The van der Waals surface area contributed by atoms with Crippen LogP contribution < -0.4 is 10.6 Å². The molecule has 23 heavy (non-hydrogen) atoms. The summed E-state index contributed by atoms with van der Waals surface area (Å²) in [5.74, 6) is -0.874. The number of ether oxygens (including phenoxy) is 1. The second-order valence-electron chi connectivity index (χ2n) is 4.93. The number of anilines is 1. The van der Waals surface area contributed by atoms with E-state index in [4.69, 9.17) is 22.1 Å². The number of carbonyl (C=O) groups excluding carboxylic acids is 3. The first kappa shape index (κ1) is 17.8. The maximum atomic E-state index is 12.4. The number of thioether (sulfide) groups is 1. The Bertz CT molecular complexity index is 608. The zero-order valence-corrected chi connectivity index (χ0v) is 14.1. The molecular weight excluding hydrogens is 340 g/mol. The second-order valence-corrected chi connectivity index (χ2v) is 6.60. The first-order valence-electron chi connectivity index (χ1n) is 7.10. The van der Waals surface area contributed by atoms with E-state index in [1.54, 1.807) is 31.2 Å². The van der Waals surface area contributed by atoms with Crippen molar-refractivity contribution in [3.8, 4) is 0 Å². The highest BCUT2D eigenvalue weighted by Gasteiger charge is 2.40. The third-order valence-electron chi connectivity index (χ3n) is 3.26. The smallest absolute Gasteiger partial charge is 0.323 e. The van der Waals surface area contributed by atoms with Crippen molar-refractivity contribution < 1.29 is 19.1 Å². The van der Waals surface area contributed by atoms with E-state index < -0.39 is 17.3 Å². The predicted octanol–water partition coefficient (Wildman–Crippen LogP) is 1.60. The lowest BCUT2D eigenvalue weighted by molar-refractivity contribution is -0.144. The fraction of sp³-hybridized carbons (Fsp3) is 0.400. The monoisotopic (exact) mass is 356 g/mol. The number of rotatable bonds is 6. The fourth-order valence-corrected chi connectivity index (χ4v) is 3.34. The van der Waals surface area contributed by atoms with E-state index in [-0.39, 0.29) is 30.6 Å². The third-order valence-corrected chi connectivity index (χ3v) is 4.83. The van der Waals surface area contributed by atoms with E-state index >= 15 is 0 Å². The van der Waals surface area contributed by atoms with Crippen LogP contribution in [0.25, 0.3) is 0 Å². The summed E-state index contributed by atoms with van der Waals surface area (Å²) in [7, 11) is 0. The van der Waals surface area contributed by atoms with Gasteiger partial charge in [0.25, 0.3) is 0 Å². The van der Waals surface area contributed by atoms with E-state index in [2.05, 4.69) is 0 Å². The molecule has 1 aromatic rings. The molecule has 1 heterocycles. The molecule has 2 amide bonds. The summed E-state index contributed by atoms with van der Waals surface area (Å²) in [5.41, 5.74) is 6.19. The Morgan fingerprint density at radius 3 is 2.70 bits per heavy atom. The Labute approximate surface area is 143 Å². The van der Waals surface area contributed by atoms with Crippen LogP contribution in [0, 0.1) is 0 Å². The molecule has 2 rings (SSSR count). The minimum atomic E-state index is -0.813. The molecule has 1 saturated heterocycles. The van der Waals surface area contributed by atoms with E-state index in [9.17, 15) is 14.4 Å². The Kier molecular flexibility index (Phi) is 6.04. The highest BCUT2D eigenvalue weighted by atomic mass is 35.5. The van der Waals surface area contributed by atoms with Crippen LogP contribution in [0.5, 0.6) is 0 Å². The molecule has 0 saturated carbocycles. The zero-order valence-electron chi connectivity index (χ0n) is 12.5. The Balaban J connectivity index is 1.98. The van der Waals surface area contributed by atoms with Crippen LogP contribution in [0.4, 0.5) is 5.69 Å². The first-order chi connectivity index (χ1) is 10.9. The molecule has 0 spiro atoms. The van der Waals surface area contributed by atoms with Crippen molar-refractivity contribution in [2.24, 2.45) is 5.73 Å². The maximum absolute atomic E-state index is 12.4. The molecule has 6 nitrogen and oxygen atoms in total. The number of benzene rings is 1. The minimum absolute atomic E-state index is 0.0850. The lowest BCUT2D eigenvalue weighted by Gasteiger charge is -2.15. The van der Waals surface area contributed by atoms with Crippen LogP contribution in [0.3, 0.4) is 0 Å². The van der Waals surface area contributed by atoms with E-state index in [0.717, 1.165) is 4.90 Å². The standard InChI is InChI=1S/C15H17ClN2O4S/c1-2-22-15(21)11(17)8-23-12-7-13(19)18(14(12)20)10-5-3-9(16)4-6-10/h3-6,11-12H,2,7-8,17H2,1H3/t11-,12?/m0/s1. The SMILES string of the molecule is CCOC(=O)[C@@H](N)CSC1CC(=O)N(c2ccc(Cl)cc2)C1=O. The number of hydrogen-bond donors (Lipinski definition) is 1. The molecule has 1 aliphatic heterocycles. The lowest BCUT2D eigenvalue weighted by atomic mass is 10.3. The minimum Gasteiger partial charge on any atom is -0.465 e. The van der Waals surface area contributed by atoms with Crippen molar-refractivity contribution in [2.75, 3.05) is 17.3 Å². The molecule has 1 aliphatic rings. The van der Waals surface area contributed by atoms with Crippen molar-refractivity contribution in [3.63, 3.8) is 0 Å². The van der Waals surface area contributed by atoms with Gasteiger partial charge in [0.05, 0.1) is 17.5 Å². The number of amides is 2. The zero-order chi connectivity index (χ0) is 17.0. The topological polar surface area (TPSA) is 89.7 Å². The number of carbonyl (C=O) groups is 3. The highest BCUT2D eigenvalue weighted by molar-refractivity contribution is 8.00. The van der Waals surface area contributed by atoms with Gasteiger partial charge in [-0.05, 0) is 31.2 Å². The second kappa shape index (κ2) is 7.81. The van der Waals surface area contributed by atoms with Gasteiger partial charge in [-0.15, -0.1) is 11.8 Å². The molecule has 1 aromatic carbocycles. The molecule has 0 aromatic heterocycles. The Hall–Kier alpha value is -1.57. The number of nitrogens with two attached hydrogens (primary N) is 1. The largest absolute Gasteiger partial charge is 0.465 e. The molecule has 0 radical (unpaired) electrons. The van der Waals surface area contributed by atoms with Gasteiger partial charge >= 0.3 is 5.97 Å². The first-order valence-corrected chi connectivity index (χ1v) is 8.53.